The number of nitrogens with zero attached hydrogens (tertiary/aromatic N) is 2. The van der Waals surface area contributed by atoms with Gasteiger partial charge >= 0.3 is 0 Å². The number of aryl methyl sites for hydroxylation is 2. The van der Waals surface area contributed by atoms with Gasteiger partial charge in [-0.1, -0.05) is 415 Å². The van der Waals surface area contributed by atoms with Gasteiger partial charge in [0.1, 0.15) is 0 Å². The molecule has 0 atom stereocenters. The zero-order chi connectivity index (χ0) is 63.2. The molecule has 0 N–H and O–H groups in total. The van der Waals surface area contributed by atoms with Crippen molar-refractivity contribution in [3.8, 4) is 0 Å². The zero-order valence-electron chi connectivity index (χ0n) is 60.4. The van der Waals surface area contributed by atoms with Gasteiger partial charge < -0.3 is 5.53 Å². The standard InChI is InChI=1S/C87H148N2.Ni/c1-5-9-13-17-21-24-27-30-33-35-37-39-41-43-45-47-50-53-57-60-64-72-80-74-68-70-76-82(80)86-84(78-66-62-56-20-16-12-8-4)85(79-67-63-59-55-52-49-32-29-26-23-19-15-11-7-3)87(89(86)88)83-77-71-69-75-81(83)73-65-61-58-54-51-48-46-44-42-40-38-36-34-31-28-25-22-18-14-10-6-2;/h57-58,60-61,66,68-71,74-78H,5-56,59,62-65,67,72-73,79H2,1-4H3;. The molecular weight excluding hydrogens is 1130 g/mol. The van der Waals surface area contributed by atoms with Crippen LogP contribution < -0.4 is 0 Å². The van der Waals surface area contributed by atoms with Gasteiger partial charge in [0.15, 0.2) is 0 Å². The molecule has 516 valence electrons. The van der Waals surface area contributed by atoms with E-state index in [0.717, 1.165) is 56.3 Å². The molecule has 90 heavy (non-hydrogen) atoms. The molecule has 1 aliphatic heterocycles. The van der Waals surface area contributed by atoms with E-state index in [2.05, 4.69) is 113 Å². The number of hydrogen-bond acceptors (Lipinski definition) is 0. The van der Waals surface area contributed by atoms with Crippen LogP contribution in [-0.4, -0.2) is 4.70 Å². The van der Waals surface area contributed by atoms with Gasteiger partial charge in [-0.2, -0.15) is 0 Å². The first-order valence-electron chi connectivity index (χ1n) is 40.3. The summed E-state index contributed by atoms with van der Waals surface area (Å²) in [5.41, 5.74) is 22.7. The van der Waals surface area contributed by atoms with Crippen molar-refractivity contribution in [2.75, 3.05) is 0 Å². The van der Waals surface area contributed by atoms with Gasteiger partial charge in [-0.05, 0) is 100 Å². The van der Waals surface area contributed by atoms with Gasteiger partial charge in [0.2, 0.25) is 11.4 Å². The van der Waals surface area contributed by atoms with E-state index in [0.29, 0.717) is 0 Å². The van der Waals surface area contributed by atoms with Crippen LogP contribution in [0, 0.1) is 0 Å². The van der Waals surface area contributed by atoms with Crippen LogP contribution in [0.25, 0.3) is 16.9 Å². The van der Waals surface area contributed by atoms with E-state index in [1.807, 2.05) is 0 Å². The molecular formula is C87H148N2Ni. The zero-order valence-corrected chi connectivity index (χ0v) is 61.4. The van der Waals surface area contributed by atoms with E-state index in [1.165, 1.54) is 380 Å². The van der Waals surface area contributed by atoms with E-state index in [-0.39, 0.29) is 16.5 Å². The third-order valence-electron chi connectivity index (χ3n) is 19.8. The molecule has 1 heterocycles. The normalized spacial score (nSPS) is 12.9. The van der Waals surface area contributed by atoms with E-state index in [1.54, 1.807) is 4.70 Å². The second-order valence-corrected chi connectivity index (χ2v) is 28.1. The molecule has 2 aromatic carbocycles. The van der Waals surface area contributed by atoms with Crippen molar-refractivity contribution in [3.63, 3.8) is 0 Å². The van der Waals surface area contributed by atoms with Crippen LogP contribution in [0.15, 0.2) is 96.1 Å². The minimum atomic E-state index is 0. The molecule has 0 radical (unpaired) electrons. The van der Waals surface area contributed by atoms with Crippen molar-refractivity contribution >= 4 is 11.4 Å². The maximum absolute atomic E-state index is 13.0. The number of rotatable bonds is 66. The second kappa shape index (κ2) is 63.6. The van der Waals surface area contributed by atoms with Crippen LogP contribution in [0.4, 0.5) is 0 Å². The number of allylic oxidation sites excluding steroid dienone is 8. The monoisotopic (exact) mass is 1280 g/mol. The maximum Gasteiger partial charge on any atom is 0.215 e. The fraction of sp³-hybridized carbons (Fsp3) is 0.747. The molecule has 1 aliphatic rings. The Morgan fingerprint density at radius 2 is 0.511 bits per heavy atom. The first-order chi connectivity index (χ1) is 44.2. The number of hydrogen-bond donors (Lipinski definition) is 0. The van der Waals surface area contributed by atoms with Gasteiger partial charge in [-0.3, -0.25) is 0 Å². The van der Waals surface area contributed by atoms with Crippen LogP contribution in [-0.2, 0) is 29.3 Å². The van der Waals surface area contributed by atoms with Crippen LogP contribution in [0.5, 0.6) is 0 Å². The van der Waals surface area contributed by atoms with Gasteiger partial charge in [0.25, 0.3) is 0 Å². The molecule has 0 aliphatic carbocycles. The molecule has 0 amide bonds. The molecule has 2 nitrogen and oxygen atoms in total. The predicted octanol–water partition coefficient (Wildman–Crippen LogP) is 30.7. The molecule has 0 unspecified atom stereocenters. The van der Waals surface area contributed by atoms with E-state index < -0.39 is 0 Å². The first kappa shape index (κ1) is 83.3. The molecule has 2 aromatic rings. The molecule has 3 rings (SSSR count). The van der Waals surface area contributed by atoms with Crippen LogP contribution in [0.3, 0.4) is 0 Å². The fourth-order valence-electron chi connectivity index (χ4n) is 14.0. The average Bonchev–Trinajstić information content (AvgIpc) is 1.64. The van der Waals surface area contributed by atoms with Crippen LogP contribution in [0.1, 0.15) is 429 Å². The topological polar surface area (TPSA) is 25.3 Å². The third-order valence-corrected chi connectivity index (χ3v) is 19.8. The van der Waals surface area contributed by atoms with Crippen molar-refractivity contribution in [2.24, 2.45) is 0 Å². The predicted molar refractivity (Wildman–Crippen MR) is 400 cm³/mol. The van der Waals surface area contributed by atoms with E-state index in [4.69, 9.17) is 0 Å². The molecule has 0 saturated heterocycles. The summed E-state index contributed by atoms with van der Waals surface area (Å²) in [6.45, 7) is 9.25. The Morgan fingerprint density at radius 1 is 0.267 bits per heavy atom. The Balaban J connectivity index is 0.0000276. The molecule has 0 spiro atoms. The van der Waals surface area contributed by atoms with Crippen LogP contribution in [0.2, 0.25) is 0 Å². The molecule has 0 bridgehead atoms. The third kappa shape index (κ3) is 43.3. The number of benzene rings is 2. The SMILES string of the molecule is CCCCCCCC=CC1=C(c2ccccc2CCC=CCCCCCCCCCCCCCCCCCCC)[N+](=[N-])C(c2ccccc2CCC=CCCCCCCCCCCCCCCCCCCC)=C1CCCCCCCCCCCCCCCC.[Ni]. The quantitative estimate of drug-likeness (QED) is 0.0273. The van der Waals surface area contributed by atoms with Crippen molar-refractivity contribution in [2.45, 2.75) is 419 Å². The Morgan fingerprint density at radius 3 is 0.822 bits per heavy atom. The summed E-state index contributed by atoms with van der Waals surface area (Å²) in [4.78, 5) is 0. The fourth-order valence-corrected chi connectivity index (χ4v) is 14.0. The summed E-state index contributed by atoms with van der Waals surface area (Å²) >= 11 is 0. The molecule has 3 heteroatoms. The summed E-state index contributed by atoms with van der Waals surface area (Å²) in [7, 11) is 0. The summed E-state index contributed by atoms with van der Waals surface area (Å²) in [6, 6.07) is 18.2. The Bertz CT molecular complexity index is 2080. The van der Waals surface area contributed by atoms with Crippen molar-refractivity contribution in [3.05, 3.63) is 124 Å². The Hall–Kier alpha value is -2.77. The summed E-state index contributed by atoms with van der Waals surface area (Å²) < 4.78 is 1.67. The Labute approximate surface area is 572 Å². The minimum absolute atomic E-state index is 0. The van der Waals surface area contributed by atoms with Gasteiger partial charge in [-0.25, -0.2) is 4.70 Å². The summed E-state index contributed by atoms with van der Waals surface area (Å²) in [6.07, 6.45) is 97.1. The maximum atomic E-state index is 13.0. The smallest absolute Gasteiger partial charge is 0.215 e. The molecule has 0 fully saturated rings. The van der Waals surface area contributed by atoms with Crippen molar-refractivity contribution in [1.82, 2.24) is 0 Å². The van der Waals surface area contributed by atoms with Crippen LogP contribution >= 0.6 is 0 Å². The van der Waals surface area contributed by atoms with Gasteiger partial charge in [0.05, 0.1) is 5.57 Å². The minimum Gasteiger partial charge on any atom is -0.493 e. The largest absolute Gasteiger partial charge is 0.493 e. The first-order valence-corrected chi connectivity index (χ1v) is 40.3. The Kier molecular flexibility index (Phi) is 58.9. The van der Waals surface area contributed by atoms with Crippen molar-refractivity contribution in [1.29, 1.82) is 0 Å². The van der Waals surface area contributed by atoms with Gasteiger partial charge in [-0.15, -0.1) is 0 Å². The summed E-state index contributed by atoms with van der Waals surface area (Å²) in [5.74, 6) is 0. The van der Waals surface area contributed by atoms with E-state index in [9.17, 15) is 5.53 Å². The summed E-state index contributed by atoms with van der Waals surface area (Å²) in [5, 5.41) is 0. The van der Waals surface area contributed by atoms with Crippen molar-refractivity contribution < 1.29 is 21.2 Å². The average molecular weight is 1280 g/mol. The number of unbranched alkanes of at least 4 members (excludes halogenated alkanes) is 52. The van der Waals surface area contributed by atoms with E-state index >= 15 is 0 Å². The molecule has 0 saturated carbocycles. The van der Waals surface area contributed by atoms with Gasteiger partial charge in [0, 0.05) is 33.2 Å². The second-order valence-electron chi connectivity index (χ2n) is 28.1. The molecule has 0 aromatic heterocycles.